The third kappa shape index (κ3) is 5.57. The molecule has 2 aliphatic rings. The van der Waals surface area contributed by atoms with Crippen molar-refractivity contribution in [3.05, 3.63) is 50.2 Å². The number of aryl methyl sites for hydroxylation is 1. The highest BCUT2D eigenvalue weighted by molar-refractivity contribution is 7.10. The van der Waals surface area contributed by atoms with Gasteiger partial charge in [0.1, 0.15) is 6.04 Å². The highest BCUT2D eigenvalue weighted by Crippen LogP contribution is 2.33. The molecule has 3 N–H and O–H groups in total. The van der Waals surface area contributed by atoms with Crippen molar-refractivity contribution >= 4 is 46.3 Å². The molecule has 0 radical (unpaired) electrons. The molecule has 33 heavy (non-hydrogen) atoms. The van der Waals surface area contributed by atoms with Gasteiger partial charge in [0.2, 0.25) is 11.8 Å². The average molecular weight is 489 g/mol. The zero-order valence-electron chi connectivity index (χ0n) is 18.7. The second kappa shape index (κ2) is 10.7. The summed E-state index contributed by atoms with van der Waals surface area (Å²) in [5.41, 5.74) is 3.85. The number of hydrogen-bond donors (Lipinski definition) is 3. The van der Waals surface area contributed by atoms with Crippen molar-refractivity contribution in [1.82, 2.24) is 15.5 Å². The standard InChI is InChI=1S/C24H29ClN4O3S/c1-15-5-6-19(18(25)11-15)27-10-4-2-3-9-26-12-21-16-13-29(24(32)17(16)14-33-21)20-7-8-22(30)28-23(20)31/h5-6,11,14,20,26-27H,2-4,7-10,12-13H2,1H3,(H,28,30,31). The number of rotatable bonds is 10. The van der Waals surface area contributed by atoms with Gasteiger partial charge in [-0.2, -0.15) is 0 Å². The van der Waals surface area contributed by atoms with Crippen molar-refractivity contribution < 1.29 is 14.4 Å². The first kappa shape index (κ1) is 23.7. The molecule has 3 amide bonds. The first-order valence-corrected chi connectivity index (χ1v) is 12.6. The normalized spacial score (nSPS) is 17.9. The smallest absolute Gasteiger partial charge is 0.256 e. The third-order valence-electron chi connectivity index (χ3n) is 6.14. The van der Waals surface area contributed by atoms with Gasteiger partial charge in [0.05, 0.1) is 16.3 Å². The molecule has 2 aromatic rings. The van der Waals surface area contributed by atoms with Gasteiger partial charge < -0.3 is 15.5 Å². The average Bonchev–Trinajstić information content (AvgIpc) is 3.31. The Morgan fingerprint density at radius 3 is 2.79 bits per heavy atom. The summed E-state index contributed by atoms with van der Waals surface area (Å²) in [5.74, 6) is -0.743. The van der Waals surface area contributed by atoms with Gasteiger partial charge in [0, 0.05) is 36.3 Å². The predicted molar refractivity (Wildman–Crippen MR) is 131 cm³/mol. The molecule has 7 nitrogen and oxygen atoms in total. The minimum Gasteiger partial charge on any atom is -0.384 e. The summed E-state index contributed by atoms with van der Waals surface area (Å²) >= 11 is 7.84. The monoisotopic (exact) mass is 488 g/mol. The lowest BCUT2D eigenvalue weighted by Gasteiger charge is -2.29. The maximum absolute atomic E-state index is 12.8. The van der Waals surface area contributed by atoms with Gasteiger partial charge in [0.25, 0.3) is 5.91 Å². The van der Waals surface area contributed by atoms with Crippen LogP contribution in [0.3, 0.4) is 0 Å². The van der Waals surface area contributed by atoms with Crippen molar-refractivity contribution in [2.24, 2.45) is 0 Å². The largest absolute Gasteiger partial charge is 0.384 e. The van der Waals surface area contributed by atoms with E-state index in [1.54, 1.807) is 16.2 Å². The van der Waals surface area contributed by atoms with E-state index in [0.717, 1.165) is 59.1 Å². The van der Waals surface area contributed by atoms with E-state index >= 15 is 0 Å². The highest BCUT2D eigenvalue weighted by Gasteiger charge is 2.40. The number of fused-ring (bicyclic) bond motifs is 1. The Kier molecular flexibility index (Phi) is 7.67. The molecule has 1 aromatic heterocycles. The molecule has 0 saturated carbocycles. The molecule has 0 bridgehead atoms. The summed E-state index contributed by atoms with van der Waals surface area (Å²) in [4.78, 5) is 39.1. The molecule has 3 heterocycles. The SMILES string of the molecule is Cc1ccc(NCCCCCNCc2scc3c2CN(C2CCC(=O)NC2=O)C3=O)c(Cl)c1. The molecular weight excluding hydrogens is 460 g/mol. The molecule has 1 saturated heterocycles. The highest BCUT2D eigenvalue weighted by atomic mass is 35.5. The van der Waals surface area contributed by atoms with Crippen LogP contribution in [0.4, 0.5) is 5.69 Å². The lowest BCUT2D eigenvalue weighted by molar-refractivity contribution is -0.136. The minimum atomic E-state index is -0.559. The van der Waals surface area contributed by atoms with Crippen LogP contribution in [0.15, 0.2) is 23.6 Å². The van der Waals surface area contributed by atoms with Crippen LogP contribution in [-0.2, 0) is 22.7 Å². The van der Waals surface area contributed by atoms with Crippen LogP contribution in [0.5, 0.6) is 0 Å². The van der Waals surface area contributed by atoms with E-state index < -0.39 is 6.04 Å². The maximum atomic E-state index is 12.8. The van der Waals surface area contributed by atoms with Crippen LogP contribution < -0.4 is 16.0 Å². The fraction of sp³-hybridized carbons (Fsp3) is 0.458. The number of carbonyl (C=O) groups is 3. The van der Waals surface area contributed by atoms with E-state index in [1.807, 2.05) is 24.4 Å². The first-order chi connectivity index (χ1) is 15.9. The number of piperidine rings is 1. The zero-order chi connectivity index (χ0) is 23.4. The van der Waals surface area contributed by atoms with Gasteiger partial charge >= 0.3 is 0 Å². The van der Waals surface area contributed by atoms with Gasteiger partial charge in [-0.3, -0.25) is 19.7 Å². The minimum absolute atomic E-state index is 0.108. The number of nitrogens with zero attached hydrogens (tertiary/aromatic N) is 1. The second-order valence-corrected chi connectivity index (χ2v) is 9.97. The number of hydrogen-bond acceptors (Lipinski definition) is 6. The van der Waals surface area contributed by atoms with Gasteiger partial charge in [-0.1, -0.05) is 24.1 Å². The molecule has 1 unspecified atom stereocenters. The van der Waals surface area contributed by atoms with E-state index in [2.05, 4.69) is 22.0 Å². The molecule has 9 heteroatoms. The number of benzene rings is 1. The predicted octanol–water partition coefficient (Wildman–Crippen LogP) is 3.84. The van der Waals surface area contributed by atoms with Crippen molar-refractivity contribution in [3.8, 4) is 0 Å². The van der Waals surface area contributed by atoms with E-state index in [4.69, 9.17) is 11.6 Å². The Morgan fingerprint density at radius 2 is 2.00 bits per heavy atom. The van der Waals surface area contributed by atoms with Gasteiger partial charge in [-0.15, -0.1) is 11.3 Å². The number of halogens is 1. The van der Waals surface area contributed by atoms with E-state index in [9.17, 15) is 14.4 Å². The van der Waals surface area contributed by atoms with Crippen molar-refractivity contribution in [2.75, 3.05) is 18.4 Å². The van der Waals surface area contributed by atoms with Crippen molar-refractivity contribution in [1.29, 1.82) is 0 Å². The lowest BCUT2D eigenvalue weighted by atomic mass is 10.0. The Bertz CT molecular complexity index is 1050. The van der Waals surface area contributed by atoms with E-state index in [-0.39, 0.29) is 24.1 Å². The Morgan fingerprint density at radius 1 is 1.18 bits per heavy atom. The number of imide groups is 1. The molecule has 4 rings (SSSR count). The summed E-state index contributed by atoms with van der Waals surface area (Å²) in [6.07, 6.45) is 3.90. The van der Waals surface area contributed by atoms with Crippen LogP contribution in [0.1, 0.15) is 58.5 Å². The van der Waals surface area contributed by atoms with Crippen molar-refractivity contribution in [3.63, 3.8) is 0 Å². The number of nitrogens with one attached hydrogen (secondary N) is 3. The Balaban J connectivity index is 1.16. The summed E-state index contributed by atoms with van der Waals surface area (Å²) in [6.45, 7) is 4.98. The lowest BCUT2D eigenvalue weighted by Crippen LogP contribution is -2.52. The Hall–Kier alpha value is -2.42. The fourth-order valence-corrected chi connectivity index (χ4v) is 5.60. The quantitative estimate of drug-likeness (QED) is 0.349. The van der Waals surface area contributed by atoms with Gasteiger partial charge in [-0.05, 0) is 56.0 Å². The molecule has 1 aromatic carbocycles. The van der Waals surface area contributed by atoms with Crippen molar-refractivity contribution in [2.45, 2.75) is 58.2 Å². The van der Waals surface area contributed by atoms with E-state index in [1.165, 1.54) is 0 Å². The molecule has 0 spiro atoms. The fourth-order valence-electron chi connectivity index (χ4n) is 4.29. The van der Waals surface area contributed by atoms with Gasteiger partial charge in [0.15, 0.2) is 0 Å². The molecule has 1 fully saturated rings. The van der Waals surface area contributed by atoms with Crippen LogP contribution in [0, 0.1) is 6.92 Å². The van der Waals surface area contributed by atoms with Crippen LogP contribution in [0.25, 0.3) is 0 Å². The number of thiophene rings is 1. The molecule has 176 valence electrons. The number of anilines is 1. The molecular formula is C24H29ClN4O3S. The summed E-state index contributed by atoms with van der Waals surface area (Å²) in [5, 5.41) is 11.9. The topological polar surface area (TPSA) is 90.5 Å². The van der Waals surface area contributed by atoms with Crippen LogP contribution >= 0.6 is 22.9 Å². The third-order valence-corrected chi connectivity index (χ3v) is 7.48. The number of unbranched alkanes of at least 4 members (excludes halogenated alkanes) is 2. The second-order valence-electron chi connectivity index (χ2n) is 8.60. The Labute approximate surface area is 202 Å². The number of carbonyl (C=O) groups excluding carboxylic acids is 3. The first-order valence-electron chi connectivity index (χ1n) is 11.4. The molecule has 2 aliphatic heterocycles. The maximum Gasteiger partial charge on any atom is 0.256 e. The van der Waals surface area contributed by atoms with Gasteiger partial charge in [-0.25, -0.2) is 0 Å². The van der Waals surface area contributed by atoms with E-state index in [0.29, 0.717) is 25.1 Å². The van der Waals surface area contributed by atoms with Crippen LogP contribution in [-0.4, -0.2) is 41.8 Å². The van der Waals surface area contributed by atoms with Crippen LogP contribution in [0.2, 0.25) is 5.02 Å². The zero-order valence-corrected chi connectivity index (χ0v) is 20.3. The summed E-state index contributed by atoms with van der Waals surface area (Å²) in [6, 6.07) is 5.48. The number of amides is 3. The summed E-state index contributed by atoms with van der Waals surface area (Å²) in [7, 11) is 0. The summed E-state index contributed by atoms with van der Waals surface area (Å²) < 4.78 is 0. The molecule has 1 atom stereocenters. The molecule has 0 aliphatic carbocycles.